The molecular weight excluding hydrogens is 460 g/mol. The van der Waals surface area contributed by atoms with Crippen molar-refractivity contribution in [1.29, 1.82) is 0 Å². The molecule has 6 nitrogen and oxygen atoms in total. The average Bonchev–Trinajstić information content (AvgIpc) is 2.93. The number of carboxylic acids is 1. The number of fused-ring (bicyclic) bond motifs is 4. The average molecular weight is 487 g/mol. The quantitative estimate of drug-likeness (QED) is 0.161. The first kappa shape index (κ1) is 22.7. The van der Waals surface area contributed by atoms with Gasteiger partial charge in [-0.2, -0.15) is 0 Å². The van der Waals surface area contributed by atoms with E-state index in [2.05, 4.69) is 22.8 Å². The molecule has 0 unspecified atom stereocenters. The van der Waals surface area contributed by atoms with Crippen LogP contribution in [0.15, 0.2) is 97.1 Å². The molecular formula is C31H26N4O2. The van der Waals surface area contributed by atoms with E-state index in [4.69, 9.17) is 9.97 Å². The summed E-state index contributed by atoms with van der Waals surface area (Å²) in [6.07, 6.45) is 1.14. The smallest absolute Gasteiger partial charge is 0.326 e. The summed E-state index contributed by atoms with van der Waals surface area (Å²) in [7, 11) is 0. The Morgan fingerprint density at radius 3 is 1.49 bits per heavy atom. The lowest BCUT2D eigenvalue weighted by molar-refractivity contribution is -0.138. The van der Waals surface area contributed by atoms with E-state index in [1.165, 1.54) is 0 Å². The highest BCUT2D eigenvalue weighted by Gasteiger charge is 2.20. The van der Waals surface area contributed by atoms with E-state index in [1.807, 2.05) is 84.9 Å². The minimum atomic E-state index is -0.871. The Labute approximate surface area is 214 Å². The van der Waals surface area contributed by atoms with Crippen LogP contribution in [0.3, 0.4) is 0 Å². The van der Waals surface area contributed by atoms with Gasteiger partial charge in [0.1, 0.15) is 6.04 Å². The Morgan fingerprint density at radius 2 is 1.05 bits per heavy atom. The molecule has 182 valence electrons. The van der Waals surface area contributed by atoms with E-state index in [9.17, 15) is 9.90 Å². The second-order valence-electron chi connectivity index (χ2n) is 9.15. The molecule has 3 N–H and O–H groups in total. The van der Waals surface area contributed by atoms with Crippen molar-refractivity contribution in [1.82, 2.24) is 9.97 Å². The Kier molecular flexibility index (Phi) is 5.98. The molecule has 0 amide bonds. The van der Waals surface area contributed by atoms with Crippen LogP contribution < -0.4 is 10.6 Å². The van der Waals surface area contributed by atoms with Gasteiger partial charge >= 0.3 is 5.97 Å². The summed E-state index contributed by atoms with van der Waals surface area (Å²) in [4.78, 5) is 21.8. The molecule has 2 aromatic heterocycles. The van der Waals surface area contributed by atoms with Crippen molar-refractivity contribution in [2.45, 2.75) is 18.9 Å². The van der Waals surface area contributed by atoms with Gasteiger partial charge in [-0.25, -0.2) is 14.8 Å². The first-order chi connectivity index (χ1) is 18.2. The number of pyridine rings is 2. The molecule has 2 heterocycles. The third kappa shape index (κ3) is 4.38. The molecule has 0 fully saturated rings. The molecule has 37 heavy (non-hydrogen) atoms. The second-order valence-corrected chi connectivity index (χ2v) is 9.15. The fourth-order valence-electron chi connectivity index (χ4n) is 4.98. The van der Waals surface area contributed by atoms with Crippen LogP contribution in [0.2, 0.25) is 0 Å². The van der Waals surface area contributed by atoms with Gasteiger partial charge in [0.2, 0.25) is 0 Å². The van der Waals surface area contributed by atoms with Crippen LogP contribution in [0.1, 0.15) is 12.8 Å². The molecule has 0 saturated carbocycles. The topological polar surface area (TPSA) is 87.1 Å². The van der Waals surface area contributed by atoms with Crippen LogP contribution in [-0.2, 0) is 4.79 Å². The largest absolute Gasteiger partial charge is 0.480 e. The van der Waals surface area contributed by atoms with E-state index in [-0.39, 0.29) is 0 Å². The van der Waals surface area contributed by atoms with Crippen molar-refractivity contribution in [3.8, 4) is 0 Å². The molecule has 6 aromatic rings. The number of hydrogen-bond acceptors (Lipinski definition) is 5. The summed E-state index contributed by atoms with van der Waals surface area (Å²) in [6.45, 7) is 0.640. The van der Waals surface area contributed by atoms with Gasteiger partial charge in [-0.05, 0) is 37.1 Å². The summed E-state index contributed by atoms with van der Waals surface area (Å²) >= 11 is 0. The molecule has 6 rings (SSSR count). The predicted octanol–water partition coefficient (Wildman–Crippen LogP) is 6.85. The van der Waals surface area contributed by atoms with Crippen molar-refractivity contribution in [2.75, 3.05) is 17.2 Å². The van der Waals surface area contributed by atoms with Gasteiger partial charge in [-0.15, -0.1) is 0 Å². The fourth-order valence-corrected chi connectivity index (χ4v) is 4.98. The number of aliphatic carboxylic acids is 1. The van der Waals surface area contributed by atoms with Crippen molar-refractivity contribution in [2.24, 2.45) is 0 Å². The SMILES string of the molecule is O=C(O)[C@H](CCCNc1c2ccccc2nc2ccccc12)Nc1c2ccccc2nc2ccccc12. The summed E-state index contributed by atoms with van der Waals surface area (Å²) in [5, 5.41) is 20.9. The van der Waals surface area contributed by atoms with Gasteiger partial charge in [0.15, 0.2) is 0 Å². The van der Waals surface area contributed by atoms with Crippen molar-refractivity contribution in [3.05, 3.63) is 97.1 Å². The summed E-state index contributed by atoms with van der Waals surface area (Å²) in [6, 6.07) is 31.1. The van der Waals surface area contributed by atoms with Crippen LogP contribution in [0.5, 0.6) is 0 Å². The number of rotatable bonds is 8. The van der Waals surface area contributed by atoms with Gasteiger partial charge < -0.3 is 15.7 Å². The number of para-hydroxylation sites is 4. The van der Waals surface area contributed by atoms with Gasteiger partial charge in [0, 0.05) is 28.1 Å². The minimum absolute atomic E-state index is 0.467. The monoisotopic (exact) mass is 486 g/mol. The Bertz CT molecular complexity index is 1660. The first-order valence-electron chi connectivity index (χ1n) is 12.5. The number of nitrogens with zero attached hydrogens (tertiary/aromatic N) is 2. The number of nitrogens with one attached hydrogen (secondary N) is 2. The van der Waals surface area contributed by atoms with Gasteiger partial charge in [0.25, 0.3) is 0 Å². The van der Waals surface area contributed by atoms with Crippen LogP contribution in [-0.4, -0.2) is 33.6 Å². The third-order valence-corrected chi connectivity index (χ3v) is 6.76. The van der Waals surface area contributed by atoms with E-state index in [1.54, 1.807) is 0 Å². The van der Waals surface area contributed by atoms with Crippen molar-refractivity contribution < 1.29 is 9.90 Å². The molecule has 4 aromatic carbocycles. The second kappa shape index (κ2) is 9.74. The fraction of sp³-hybridized carbons (Fsp3) is 0.129. The highest BCUT2D eigenvalue weighted by Crippen LogP contribution is 2.32. The van der Waals surface area contributed by atoms with Crippen molar-refractivity contribution >= 4 is 61.0 Å². The lowest BCUT2D eigenvalue weighted by Gasteiger charge is -2.19. The Balaban J connectivity index is 1.24. The van der Waals surface area contributed by atoms with E-state index >= 15 is 0 Å². The molecule has 0 bridgehead atoms. The number of aromatic nitrogens is 2. The number of carbonyl (C=O) groups is 1. The van der Waals surface area contributed by atoms with Crippen LogP contribution in [0.25, 0.3) is 43.6 Å². The van der Waals surface area contributed by atoms with Crippen LogP contribution >= 0.6 is 0 Å². The summed E-state index contributed by atoms with van der Waals surface area (Å²) in [5.41, 5.74) is 5.40. The summed E-state index contributed by atoms with van der Waals surface area (Å²) in [5.74, 6) is -0.871. The predicted molar refractivity (Wildman–Crippen MR) is 151 cm³/mol. The normalized spacial score (nSPS) is 12.2. The van der Waals surface area contributed by atoms with E-state index in [0.717, 1.165) is 55.0 Å². The third-order valence-electron chi connectivity index (χ3n) is 6.76. The highest BCUT2D eigenvalue weighted by atomic mass is 16.4. The zero-order chi connectivity index (χ0) is 25.2. The number of benzene rings is 4. The molecule has 0 radical (unpaired) electrons. The molecule has 0 aliphatic carbocycles. The van der Waals surface area contributed by atoms with Gasteiger partial charge in [0.05, 0.1) is 33.4 Å². The zero-order valence-corrected chi connectivity index (χ0v) is 20.2. The van der Waals surface area contributed by atoms with E-state index < -0.39 is 12.0 Å². The molecule has 0 saturated heterocycles. The minimum Gasteiger partial charge on any atom is -0.480 e. The lowest BCUT2D eigenvalue weighted by Crippen LogP contribution is -2.30. The maximum absolute atomic E-state index is 12.3. The van der Waals surface area contributed by atoms with Gasteiger partial charge in [-0.3, -0.25) is 0 Å². The number of hydrogen-bond donors (Lipinski definition) is 3. The van der Waals surface area contributed by atoms with E-state index in [0.29, 0.717) is 19.4 Å². The van der Waals surface area contributed by atoms with Crippen molar-refractivity contribution in [3.63, 3.8) is 0 Å². The highest BCUT2D eigenvalue weighted by molar-refractivity contribution is 6.08. The van der Waals surface area contributed by atoms with Gasteiger partial charge in [-0.1, -0.05) is 72.8 Å². The number of carboxylic acid groups (broad SMARTS) is 1. The number of anilines is 2. The molecule has 6 heteroatoms. The zero-order valence-electron chi connectivity index (χ0n) is 20.2. The first-order valence-corrected chi connectivity index (χ1v) is 12.5. The lowest BCUT2D eigenvalue weighted by atomic mass is 10.0. The Hall–Kier alpha value is -4.71. The Morgan fingerprint density at radius 1 is 0.649 bits per heavy atom. The maximum Gasteiger partial charge on any atom is 0.326 e. The standard InChI is InChI=1S/C31H26N4O2/c36-31(37)28(35-30-22-12-3-7-16-26(22)34-27-17-8-4-13-23(27)30)18-9-19-32-29-20-10-1-5-14-24(20)33-25-15-6-2-11-21(25)29/h1-8,10-17,28H,9,18-19H2,(H,32,33)(H,34,35)(H,36,37)/t28-/m0/s1. The maximum atomic E-state index is 12.3. The van der Waals surface area contributed by atoms with Crippen LogP contribution in [0.4, 0.5) is 11.4 Å². The molecule has 0 aliphatic rings. The molecule has 1 atom stereocenters. The molecule has 0 aliphatic heterocycles. The summed E-state index contributed by atoms with van der Waals surface area (Å²) < 4.78 is 0. The van der Waals surface area contributed by atoms with Crippen LogP contribution in [0, 0.1) is 0 Å². The molecule has 0 spiro atoms.